The lowest BCUT2D eigenvalue weighted by Gasteiger charge is -2.03. The Bertz CT molecular complexity index is 478. The van der Waals surface area contributed by atoms with Crippen molar-refractivity contribution in [2.75, 3.05) is 0 Å². The molecule has 2 heterocycles. The summed E-state index contributed by atoms with van der Waals surface area (Å²) in [5.41, 5.74) is 1.70. The van der Waals surface area contributed by atoms with Crippen molar-refractivity contribution in [3.05, 3.63) is 17.6 Å². The van der Waals surface area contributed by atoms with Gasteiger partial charge in [0, 0.05) is 6.20 Å². The van der Waals surface area contributed by atoms with E-state index in [9.17, 15) is 4.79 Å². The second kappa shape index (κ2) is 4.52. The monoisotopic (exact) mass is 237 g/mol. The maximum Gasteiger partial charge on any atom is 0.237 e. The lowest BCUT2D eigenvalue weighted by Crippen LogP contribution is -2.07. The summed E-state index contributed by atoms with van der Waals surface area (Å²) in [4.78, 5) is 20.3. The molecule has 0 aromatic carbocycles. The molecule has 2 rings (SSSR count). The van der Waals surface area contributed by atoms with Crippen LogP contribution in [0.3, 0.4) is 0 Å². The number of carbonyl (C=O) groups excluding carboxylic acids is 1. The molecule has 0 N–H and O–H groups in total. The zero-order chi connectivity index (χ0) is 11.5. The topological polar surface area (TPSA) is 68.9 Å². The van der Waals surface area contributed by atoms with Gasteiger partial charge in [-0.05, 0) is 13.3 Å². The molecular weight excluding hydrogens is 226 g/mol. The highest BCUT2D eigenvalue weighted by molar-refractivity contribution is 7.13. The molecule has 0 radical (unpaired) electrons. The van der Waals surface area contributed by atoms with E-state index in [0.29, 0.717) is 18.1 Å². The molecule has 0 aliphatic rings. The van der Waals surface area contributed by atoms with Crippen molar-refractivity contribution in [1.82, 2.24) is 15.1 Å². The van der Waals surface area contributed by atoms with E-state index in [1.807, 2.05) is 6.92 Å². The van der Waals surface area contributed by atoms with Crippen molar-refractivity contribution in [2.45, 2.75) is 26.2 Å². The number of Topliss-reactive ketones (excluding diaryl/α,β-unsaturated/α-hetero) is 1. The standard InChI is InChI=1S/C10H11N3O2S/c1-3-7(6(2)14)10-12-9(13-15-10)8-4-11-5-16-8/h4-5,7H,3H2,1-2H3. The molecule has 6 heteroatoms. The molecule has 2 aromatic heterocycles. The summed E-state index contributed by atoms with van der Waals surface area (Å²) >= 11 is 1.44. The Balaban J connectivity index is 2.29. The van der Waals surface area contributed by atoms with Crippen molar-refractivity contribution < 1.29 is 9.32 Å². The fourth-order valence-electron chi connectivity index (χ4n) is 1.44. The van der Waals surface area contributed by atoms with Crippen LogP contribution in [-0.4, -0.2) is 20.9 Å². The zero-order valence-electron chi connectivity index (χ0n) is 9.01. The molecule has 0 saturated carbocycles. The van der Waals surface area contributed by atoms with E-state index in [1.165, 1.54) is 18.3 Å². The molecule has 1 unspecified atom stereocenters. The van der Waals surface area contributed by atoms with Gasteiger partial charge in [-0.3, -0.25) is 9.78 Å². The quantitative estimate of drug-likeness (QED) is 0.815. The van der Waals surface area contributed by atoms with Crippen LogP contribution >= 0.6 is 11.3 Å². The molecule has 0 aliphatic carbocycles. The number of rotatable bonds is 4. The van der Waals surface area contributed by atoms with Crippen LogP contribution in [0.5, 0.6) is 0 Å². The molecule has 2 aromatic rings. The Morgan fingerprint density at radius 3 is 3.00 bits per heavy atom. The summed E-state index contributed by atoms with van der Waals surface area (Å²) in [5, 5.41) is 3.84. The van der Waals surface area contributed by atoms with Crippen molar-refractivity contribution in [1.29, 1.82) is 0 Å². The molecule has 0 bridgehead atoms. The van der Waals surface area contributed by atoms with Gasteiger partial charge in [-0.2, -0.15) is 4.98 Å². The van der Waals surface area contributed by atoms with Crippen LogP contribution < -0.4 is 0 Å². The van der Waals surface area contributed by atoms with Gasteiger partial charge in [0.2, 0.25) is 11.7 Å². The Morgan fingerprint density at radius 2 is 2.44 bits per heavy atom. The lowest BCUT2D eigenvalue weighted by atomic mass is 10.0. The molecule has 1 atom stereocenters. The van der Waals surface area contributed by atoms with Crippen molar-refractivity contribution >= 4 is 17.1 Å². The smallest absolute Gasteiger partial charge is 0.237 e. The van der Waals surface area contributed by atoms with Gasteiger partial charge in [0.1, 0.15) is 5.78 Å². The molecule has 0 fully saturated rings. The average molecular weight is 237 g/mol. The number of nitrogens with zero attached hydrogens (tertiary/aromatic N) is 3. The van der Waals surface area contributed by atoms with E-state index in [0.717, 1.165) is 4.88 Å². The number of ketones is 1. The van der Waals surface area contributed by atoms with E-state index >= 15 is 0 Å². The fourth-order valence-corrected chi connectivity index (χ4v) is 1.98. The van der Waals surface area contributed by atoms with E-state index in [-0.39, 0.29) is 11.7 Å². The molecule has 0 aliphatic heterocycles. The SMILES string of the molecule is CCC(C(C)=O)c1nc(-c2cncs2)no1. The summed E-state index contributed by atoms with van der Waals surface area (Å²) in [6.45, 7) is 3.45. The summed E-state index contributed by atoms with van der Waals surface area (Å²) in [7, 11) is 0. The predicted molar refractivity (Wildman–Crippen MR) is 59.1 cm³/mol. The summed E-state index contributed by atoms with van der Waals surface area (Å²) in [5.74, 6) is 0.631. The van der Waals surface area contributed by atoms with Gasteiger partial charge < -0.3 is 4.52 Å². The van der Waals surface area contributed by atoms with Crippen LogP contribution in [0.25, 0.3) is 10.7 Å². The number of aromatic nitrogens is 3. The van der Waals surface area contributed by atoms with Gasteiger partial charge in [0.05, 0.1) is 16.3 Å². The fraction of sp³-hybridized carbons (Fsp3) is 0.400. The van der Waals surface area contributed by atoms with Gasteiger partial charge in [-0.15, -0.1) is 11.3 Å². The number of carbonyl (C=O) groups is 1. The van der Waals surface area contributed by atoms with Crippen LogP contribution in [0.2, 0.25) is 0 Å². The Morgan fingerprint density at radius 1 is 1.62 bits per heavy atom. The lowest BCUT2D eigenvalue weighted by molar-refractivity contribution is -0.119. The average Bonchev–Trinajstić information content (AvgIpc) is 2.86. The molecule has 5 nitrogen and oxygen atoms in total. The first-order chi connectivity index (χ1) is 7.72. The van der Waals surface area contributed by atoms with Gasteiger partial charge in [0.15, 0.2) is 0 Å². The highest BCUT2D eigenvalue weighted by Crippen LogP contribution is 2.24. The van der Waals surface area contributed by atoms with Crippen LogP contribution in [0.15, 0.2) is 16.2 Å². The van der Waals surface area contributed by atoms with E-state index < -0.39 is 0 Å². The minimum atomic E-state index is -0.297. The first-order valence-electron chi connectivity index (χ1n) is 4.95. The summed E-state index contributed by atoms with van der Waals surface area (Å²) in [6.07, 6.45) is 2.34. The Kier molecular flexibility index (Phi) is 3.09. The minimum absolute atomic E-state index is 0.0435. The largest absolute Gasteiger partial charge is 0.338 e. The highest BCUT2D eigenvalue weighted by Gasteiger charge is 2.22. The minimum Gasteiger partial charge on any atom is -0.338 e. The molecule has 0 spiro atoms. The highest BCUT2D eigenvalue weighted by atomic mass is 32.1. The third kappa shape index (κ3) is 2.01. The van der Waals surface area contributed by atoms with E-state index in [1.54, 1.807) is 11.7 Å². The first kappa shape index (κ1) is 10.9. The van der Waals surface area contributed by atoms with Crippen LogP contribution in [0.4, 0.5) is 0 Å². The van der Waals surface area contributed by atoms with E-state index in [4.69, 9.17) is 4.52 Å². The predicted octanol–water partition coefficient (Wildman–Crippen LogP) is 2.28. The molecule has 84 valence electrons. The van der Waals surface area contributed by atoms with Crippen molar-refractivity contribution in [2.24, 2.45) is 0 Å². The third-order valence-corrected chi connectivity index (χ3v) is 3.06. The third-order valence-electron chi connectivity index (χ3n) is 2.29. The van der Waals surface area contributed by atoms with Crippen molar-refractivity contribution in [3.8, 4) is 10.7 Å². The van der Waals surface area contributed by atoms with E-state index in [2.05, 4.69) is 15.1 Å². The molecule has 0 amide bonds. The van der Waals surface area contributed by atoms with Crippen molar-refractivity contribution in [3.63, 3.8) is 0 Å². The second-order valence-electron chi connectivity index (χ2n) is 3.39. The van der Waals surface area contributed by atoms with Gasteiger partial charge >= 0.3 is 0 Å². The molecule has 16 heavy (non-hydrogen) atoms. The normalized spacial score (nSPS) is 12.6. The maximum absolute atomic E-state index is 11.3. The summed E-state index contributed by atoms with van der Waals surface area (Å²) in [6, 6.07) is 0. The molecule has 0 saturated heterocycles. The van der Waals surface area contributed by atoms with Gasteiger partial charge in [-0.1, -0.05) is 12.1 Å². The number of hydrogen-bond acceptors (Lipinski definition) is 6. The maximum atomic E-state index is 11.3. The summed E-state index contributed by atoms with van der Waals surface area (Å²) < 4.78 is 5.10. The van der Waals surface area contributed by atoms with Crippen LogP contribution in [-0.2, 0) is 4.79 Å². The van der Waals surface area contributed by atoms with Gasteiger partial charge in [-0.25, -0.2) is 0 Å². The van der Waals surface area contributed by atoms with Gasteiger partial charge in [0.25, 0.3) is 0 Å². The Hall–Kier alpha value is -1.56. The molecular formula is C10H11N3O2S. The van der Waals surface area contributed by atoms with Crippen LogP contribution in [0.1, 0.15) is 32.1 Å². The van der Waals surface area contributed by atoms with Crippen LogP contribution in [0, 0.1) is 0 Å². The first-order valence-corrected chi connectivity index (χ1v) is 5.83. The zero-order valence-corrected chi connectivity index (χ0v) is 9.82. The number of thiazole rings is 1. The second-order valence-corrected chi connectivity index (χ2v) is 4.28. The number of hydrogen-bond donors (Lipinski definition) is 0. The Labute approximate surface area is 96.5 Å².